The Morgan fingerprint density at radius 2 is 1.86 bits per heavy atom. The van der Waals surface area contributed by atoms with Crippen molar-refractivity contribution in [3.05, 3.63) is 29.8 Å². The number of alkyl halides is 1. The van der Waals surface area contributed by atoms with Crippen LogP contribution in [0, 0.1) is 0 Å². The summed E-state index contributed by atoms with van der Waals surface area (Å²) in [6.45, 7) is 3.37. The average Bonchev–Trinajstić information content (AvgIpc) is 2.26. The van der Waals surface area contributed by atoms with Crippen LogP contribution in [0.3, 0.4) is 0 Å². The van der Waals surface area contributed by atoms with Crippen LogP contribution in [0.25, 0.3) is 0 Å². The Bertz CT molecular complexity index is 256. The summed E-state index contributed by atoms with van der Waals surface area (Å²) < 4.78 is 0. The van der Waals surface area contributed by atoms with Crippen molar-refractivity contribution < 1.29 is 0 Å². The first-order valence-electron chi connectivity index (χ1n) is 5.14. The van der Waals surface area contributed by atoms with Gasteiger partial charge in [-0.15, -0.1) is 0 Å². The summed E-state index contributed by atoms with van der Waals surface area (Å²) in [7, 11) is 2.15. The van der Waals surface area contributed by atoms with E-state index in [1.807, 2.05) is 0 Å². The SMILES string of the molecule is CCCCN(C)c1ccc(CBr)cc1. The molecule has 0 atom stereocenters. The molecule has 0 aliphatic rings. The summed E-state index contributed by atoms with van der Waals surface area (Å²) >= 11 is 3.45. The van der Waals surface area contributed by atoms with Crippen molar-refractivity contribution in [3.63, 3.8) is 0 Å². The molecular weight excluding hydrogens is 238 g/mol. The summed E-state index contributed by atoms with van der Waals surface area (Å²) in [5.41, 5.74) is 2.64. The molecule has 78 valence electrons. The Balaban J connectivity index is 2.57. The maximum absolute atomic E-state index is 3.45. The Kier molecular flexibility index (Phi) is 5.02. The van der Waals surface area contributed by atoms with Crippen LogP contribution >= 0.6 is 15.9 Å². The highest BCUT2D eigenvalue weighted by Crippen LogP contribution is 2.15. The molecule has 0 saturated heterocycles. The van der Waals surface area contributed by atoms with Gasteiger partial charge >= 0.3 is 0 Å². The molecule has 0 aliphatic carbocycles. The molecule has 0 N–H and O–H groups in total. The van der Waals surface area contributed by atoms with Crippen molar-refractivity contribution in [2.75, 3.05) is 18.5 Å². The van der Waals surface area contributed by atoms with Gasteiger partial charge in [0.1, 0.15) is 0 Å². The van der Waals surface area contributed by atoms with Crippen molar-refractivity contribution in [1.82, 2.24) is 0 Å². The van der Waals surface area contributed by atoms with E-state index in [0.717, 1.165) is 11.9 Å². The second-order valence-electron chi connectivity index (χ2n) is 3.58. The zero-order valence-corrected chi connectivity index (χ0v) is 10.5. The minimum absolute atomic E-state index is 0.936. The van der Waals surface area contributed by atoms with E-state index in [9.17, 15) is 0 Å². The van der Waals surface area contributed by atoms with Crippen molar-refractivity contribution in [2.24, 2.45) is 0 Å². The third kappa shape index (κ3) is 3.33. The first kappa shape index (κ1) is 11.6. The van der Waals surface area contributed by atoms with Crippen LogP contribution < -0.4 is 4.90 Å². The number of nitrogens with zero attached hydrogens (tertiary/aromatic N) is 1. The van der Waals surface area contributed by atoms with Gasteiger partial charge in [-0.25, -0.2) is 0 Å². The lowest BCUT2D eigenvalue weighted by molar-refractivity contribution is 0.766. The maximum atomic E-state index is 3.45. The number of hydrogen-bond acceptors (Lipinski definition) is 1. The standard InChI is InChI=1S/C12H18BrN/c1-3-4-9-14(2)12-7-5-11(10-13)6-8-12/h5-8H,3-4,9-10H2,1-2H3. The van der Waals surface area contributed by atoms with E-state index in [4.69, 9.17) is 0 Å². The second-order valence-corrected chi connectivity index (χ2v) is 4.14. The number of halogens is 1. The maximum Gasteiger partial charge on any atom is 0.0363 e. The van der Waals surface area contributed by atoms with E-state index in [-0.39, 0.29) is 0 Å². The van der Waals surface area contributed by atoms with Crippen LogP contribution in [0.4, 0.5) is 5.69 Å². The molecule has 0 amide bonds. The molecule has 14 heavy (non-hydrogen) atoms. The second kappa shape index (κ2) is 6.07. The zero-order chi connectivity index (χ0) is 10.4. The molecule has 0 aliphatic heterocycles. The van der Waals surface area contributed by atoms with Crippen LogP contribution in [0.1, 0.15) is 25.3 Å². The lowest BCUT2D eigenvalue weighted by Crippen LogP contribution is -2.17. The predicted molar refractivity (Wildman–Crippen MR) is 67.3 cm³/mol. The molecule has 1 nitrogen and oxygen atoms in total. The van der Waals surface area contributed by atoms with Gasteiger partial charge in [0.05, 0.1) is 0 Å². The Morgan fingerprint density at radius 1 is 1.21 bits per heavy atom. The molecule has 0 heterocycles. The highest BCUT2D eigenvalue weighted by molar-refractivity contribution is 9.08. The summed E-state index contributed by atoms with van der Waals surface area (Å²) in [5.74, 6) is 0. The monoisotopic (exact) mass is 255 g/mol. The third-order valence-corrected chi connectivity index (χ3v) is 3.03. The van der Waals surface area contributed by atoms with Gasteiger partial charge in [-0.2, -0.15) is 0 Å². The molecule has 1 rings (SSSR count). The number of benzene rings is 1. The quantitative estimate of drug-likeness (QED) is 0.724. The normalized spacial score (nSPS) is 10.2. The number of rotatable bonds is 5. The van der Waals surface area contributed by atoms with Crippen molar-refractivity contribution >= 4 is 21.6 Å². The minimum Gasteiger partial charge on any atom is -0.375 e. The molecular formula is C12H18BrN. The molecule has 0 spiro atoms. The molecule has 1 aromatic carbocycles. The molecule has 0 saturated carbocycles. The van der Waals surface area contributed by atoms with E-state index in [2.05, 4.69) is 59.1 Å². The van der Waals surface area contributed by atoms with Crippen LogP contribution in [0.5, 0.6) is 0 Å². The highest BCUT2D eigenvalue weighted by Gasteiger charge is 1.99. The van der Waals surface area contributed by atoms with Crippen molar-refractivity contribution in [2.45, 2.75) is 25.1 Å². The lowest BCUT2D eigenvalue weighted by atomic mass is 10.2. The lowest BCUT2D eigenvalue weighted by Gasteiger charge is -2.18. The Labute approximate surface area is 95.2 Å². The minimum atomic E-state index is 0.936. The highest BCUT2D eigenvalue weighted by atomic mass is 79.9. The van der Waals surface area contributed by atoms with E-state index in [1.54, 1.807) is 0 Å². The van der Waals surface area contributed by atoms with Crippen molar-refractivity contribution in [3.8, 4) is 0 Å². The molecule has 0 fully saturated rings. The first-order valence-corrected chi connectivity index (χ1v) is 6.26. The molecule has 0 bridgehead atoms. The van der Waals surface area contributed by atoms with Gasteiger partial charge in [0.25, 0.3) is 0 Å². The van der Waals surface area contributed by atoms with E-state index in [0.29, 0.717) is 0 Å². The largest absolute Gasteiger partial charge is 0.375 e. The predicted octanol–water partition coefficient (Wildman–Crippen LogP) is 3.82. The number of unbranched alkanes of at least 4 members (excludes halogenated alkanes) is 1. The summed E-state index contributed by atoms with van der Waals surface area (Å²) in [5, 5.41) is 0.936. The van der Waals surface area contributed by atoms with Gasteiger partial charge in [-0.3, -0.25) is 0 Å². The molecule has 0 aromatic heterocycles. The van der Waals surface area contributed by atoms with Gasteiger partial charge in [-0.1, -0.05) is 41.4 Å². The third-order valence-electron chi connectivity index (χ3n) is 2.38. The summed E-state index contributed by atoms with van der Waals surface area (Å²) in [6.07, 6.45) is 2.51. The first-order chi connectivity index (χ1) is 6.77. The van der Waals surface area contributed by atoms with Crippen molar-refractivity contribution in [1.29, 1.82) is 0 Å². The van der Waals surface area contributed by atoms with Gasteiger partial charge in [0.2, 0.25) is 0 Å². The van der Waals surface area contributed by atoms with Crippen LogP contribution in [0.15, 0.2) is 24.3 Å². The van der Waals surface area contributed by atoms with Crippen LogP contribution in [-0.2, 0) is 5.33 Å². The molecule has 0 unspecified atom stereocenters. The Morgan fingerprint density at radius 3 is 2.36 bits per heavy atom. The number of anilines is 1. The fourth-order valence-electron chi connectivity index (χ4n) is 1.36. The summed E-state index contributed by atoms with van der Waals surface area (Å²) in [6, 6.07) is 8.72. The van der Waals surface area contributed by atoms with Crippen LogP contribution in [-0.4, -0.2) is 13.6 Å². The fourth-order valence-corrected chi connectivity index (χ4v) is 1.74. The van der Waals surface area contributed by atoms with E-state index < -0.39 is 0 Å². The van der Waals surface area contributed by atoms with Gasteiger partial charge in [-0.05, 0) is 24.1 Å². The topological polar surface area (TPSA) is 3.24 Å². The van der Waals surface area contributed by atoms with Gasteiger partial charge in [0.15, 0.2) is 0 Å². The average molecular weight is 256 g/mol. The van der Waals surface area contributed by atoms with Gasteiger partial charge in [0, 0.05) is 24.6 Å². The van der Waals surface area contributed by atoms with E-state index in [1.165, 1.54) is 24.1 Å². The zero-order valence-electron chi connectivity index (χ0n) is 8.96. The molecule has 1 aromatic rings. The fraction of sp³-hybridized carbons (Fsp3) is 0.500. The smallest absolute Gasteiger partial charge is 0.0363 e. The molecule has 2 heteroatoms. The molecule has 0 radical (unpaired) electrons. The van der Waals surface area contributed by atoms with Gasteiger partial charge < -0.3 is 4.90 Å². The summed E-state index contributed by atoms with van der Waals surface area (Å²) in [4.78, 5) is 2.31. The number of hydrogen-bond donors (Lipinski definition) is 0. The Hall–Kier alpha value is -0.500. The van der Waals surface area contributed by atoms with Crippen LogP contribution in [0.2, 0.25) is 0 Å². The van der Waals surface area contributed by atoms with E-state index >= 15 is 0 Å².